The fourth-order valence-electron chi connectivity index (χ4n) is 2.13. The standard InChI is InChI=1S/C10H26N2Si/c1-7-11-9(12(5)6)10(3,4)13-8-2/h9,11H,7-8,13H2,1-6H3. The Bertz CT molecular complexity index is 135. The Labute approximate surface area is 85.9 Å². The fraction of sp³-hybridized carbons (Fsp3) is 1.00. The Kier molecular flexibility index (Phi) is 5.84. The van der Waals surface area contributed by atoms with Crippen LogP contribution in [0.25, 0.3) is 0 Å². The van der Waals surface area contributed by atoms with Gasteiger partial charge in [0, 0.05) is 9.52 Å². The van der Waals surface area contributed by atoms with Gasteiger partial charge in [-0.1, -0.05) is 33.7 Å². The maximum absolute atomic E-state index is 3.57. The number of rotatable bonds is 6. The van der Waals surface area contributed by atoms with Gasteiger partial charge in [0.1, 0.15) is 0 Å². The highest BCUT2D eigenvalue weighted by atomic mass is 28.2. The molecule has 0 aromatic rings. The van der Waals surface area contributed by atoms with Crippen LogP contribution < -0.4 is 5.32 Å². The molecule has 3 heteroatoms. The van der Waals surface area contributed by atoms with Gasteiger partial charge in [0.05, 0.1) is 6.17 Å². The van der Waals surface area contributed by atoms with Crippen LogP contribution in [0.5, 0.6) is 0 Å². The van der Waals surface area contributed by atoms with E-state index in [0.717, 1.165) is 6.54 Å². The summed E-state index contributed by atoms with van der Waals surface area (Å²) in [6.07, 6.45) is 0.545. The maximum atomic E-state index is 3.57. The highest BCUT2D eigenvalue weighted by Gasteiger charge is 2.29. The van der Waals surface area contributed by atoms with Gasteiger partial charge in [-0.25, -0.2) is 0 Å². The minimum absolute atomic E-state index is 0.0349. The van der Waals surface area contributed by atoms with Gasteiger partial charge in [-0.15, -0.1) is 0 Å². The maximum Gasteiger partial charge on any atom is 0.0614 e. The van der Waals surface area contributed by atoms with Crippen molar-refractivity contribution in [3.8, 4) is 0 Å². The minimum atomic E-state index is 0.0349. The van der Waals surface area contributed by atoms with E-state index < -0.39 is 0 Å². The van der Waals surface area contributed by atoms with E-state index in [-0.39, 0.29) is 9.52 Å². The topological polar surface area (TPSA) is 15.3 Å². The van der Waals surface area contributed by atoms with Crippen LogP contribution in [0.2, 0.25) is 11.1 Å². The molecule has 0 aliphatic rings. The molecule has 2 nitrogen and oxygen atoms in total. The van der Waals surface area contributed by atoms with Crippen molar-refractivity contribution in [3.63, 3.8) is 0 Å². The largest absolute Gasteiger partial charge is 0.302 e. The van der Waals surface area contributed by atoms with Crippen molar-refractivity contribution in [2.45, 2.75) is 44.9 Å². The Hall–Kier alpha value is 0.137. The second kappa shape index (κ2) is 5.78. The van der Waals surface area contributed by atoms with Crippen LogP contribution in [0.15, 0.2) is 0 Å². The number of nitrogens with zero attached hydrogens (tertiary/aromatic N) is 1. The van der Waals surface area contributed by atoms with E-state index >= 15 is 0 Å². The first-order valence-corrected chi connectivity index (χ1v) is 7.06. The van der Waals surface area contributed by atoms with E-state index in [0.29, 0.717) is 11.2 Å². The molecule has 0 spiro atoms. The second-order valence-electron chi connectivity index (χ2n) is 4.66. The summed E-state index contributed by atoms with van der Waals surface area (Å²) < 4.78 is 0. The first-order chi connectivity index (χ1) is 5.95. The zero-order valence-corrected chi connectivity index (χ0v) is 11.6. The first-order valence-electron chi connectivity index (χ1n) is 5.35. The molecule has 0 bridgehead atoms. The minimum Gasteiger partial charge on any atom is -0.302 e. The van der Waals surface area contributed by atoms with E-state index in [9.17, 15) is 0 Å². The van der Waals surface area contributed by atoms with Gasteiger partial charge >= 0.3 is 0 Å². The second-order valence-corrected chi connectivity index (χ2v) is 7.98. The van der Waals surface area contributed by atoms with Crippen molar-refractivity contribution < 1.29 is 0 Å². The molecule has 1 atom stereocenters. The van der Waals surface area contributed by atoms with E-state index in [4.69, 9.17) is 0 Å². The Morgan fingerprint density at radius 3 is 2.15 bits per heavy atom. The van der Waals surface area contributed by atoms with Crippen molar-refractivity contribution in [2.75, 3.05) is 20.6 Å². The summed E-state index contributed by atoms with van der Waals surface area (Å²) in [4.78, 5) is 2.31. The van der Waals surface area contributed by atoms with Gasteiger partial charge in [-0.3, -0.25) is 4.90 Å². The molecule has 0 saturated carbocycles. The predicted octanol–water partition coefficient (Wildman–Crippen LogP) is 1.29. The van der Waals surface area contributed by atoms with E-state index in [1.807, 2.05) is 0 Å². The first kappa shape index (κ1) is 13.1. The molecule has 0 aliphatic heterocycles. The fourth-order valence-corrected chi connectivity index (χ4v) is 4.20. The third kappa shape index (κ3) is 4.25. The zero-order valence-electron chi connectivity index (χ0n) is 10.1. The molecule has 1 N–H and O–H groups in total. The summed E-state index contributed by atoms with van der Waals surface area (Å²) in [6, 6.07) is 1.39. The molecule has 0 rings (SSSR count). The van der Waals surface area contributed by atoms with Crippen LogP contribution in [-0.4, -0.2) is 41.2 Å². The molecular formula is C10H26N2Si. The third-order valence-electron chi connectivity index (χ3n) is 2.55. The zero-order chi connectivity index (χ0) is 10.5. The summed E-state index contributed by atoms with van der Waals surface area (Å²) in [5.74, 6) is 0. The lowest BCUT2D eigenvalue weighted by Crippen LogP contribution is -2.50. The summed E-state index contributed by atoms with van der Waals surface area (Å²) >= 11 is 0. The van der Waals surface area contributed by atoms with Crippen LogP contribution in [-0.2, 0) is 0 Å². The highest BCUT2D eigenvalue weighted by Crippen LogP contribution is 2.29. The molecule has 0 fully saturated rings. The molecular weight excluding hydrogens is 176 g/mol. The normalized spacial score (nSPS) is 15.9. The van der Waals surface area contributed by atoms with Crippen LogP contribution in [0, 0.1) is 0 Å². The van der Waals surface area contributed by atoms with Crippen molar-refractivity contribution >= 4 is 9.52 Å². The van der Waals surface area contributed by atoms with Crippen LogP contribution in [0.1, 0.15) is 27.7 Å². The molecule has 0 aromatic heterocycles. The molecule has 13 heavy (non-hydrogen) atoms. The van der Waals surface area contributed by atoms with Gasteiger partial charge in [-0.05, 0) is 25.7 Å². The average Bonchev–Trinajstić information content (AvgIpc) is 1.99. The highest BCUT2D eigenvalue weighted by molar-refractivity contribution is 6.39. The SMILES string of the molecule is CCNC(N(C)C)C(C)(C)[SiH2]CC. The quantitative estimate of drug-likeness (QED) is 0.516. The van der Waals surface area contributed by atoms with E-state index in [1.165, 1.54) is 6.04 Å². The lowest BCUT2D eigenvalue weighted by molar-refractivity contribution is 0.200. The lowest BCUT2D eigenvalue weighted by Gasteiger charge is -2.39. The van der Waals surface area contributed by atoms with Crippen molar-refractivity contribution in [1.82, 2.24) is 10.2 Å². The molecule has 80 valence electrons. The van der Waals surface area contributed by atoms with Gasteiger partial charge in [0.25, 0.3) is 0 Å². The van der Waals surface area contributed by atoms with Gasteiger partial charge in [-0.2, -0.15) is 0 Å². The predicted molar refractivity (Wildman–Crippen MR) is 64.2 cm³/mol. The number of hydrogen-bond donors (Lipinski definition) is 1. The number of hydrogen-bond acceptors (Lipinski definition) is 2. The van der Waals surface area contributed by atoms with Crippen molar-refractivity contribution in [2.24, 2.45) is 0 Å². The van der Waals surface area contributed by atoms with Crippen LogP contribution in [0.3, 0.4) is 0 Å². The Morgan fingerprint density at radius 1 is 1.31 bits per heavy atom. The van der Waals surface area contributed by atoms with E-state index in [2.05, 4.69) is 52.0 Å². The van der Waals surface area contributed by atoms with E-state index in [1.54, 1.807) is 0 Å². The molecule has 0 aliphatic carbocycles. The van der Waals surface area contributed by atoms with Crippen LogP contribution >= 0.6 is 0 Å². The molecule has 1 unspecified atom stereocenters. The monoisotopic (exact) mass is 202 g/mol. The summed E-state index contributed by atoms with van der Waals surface area (Å²) in [7, 11) is 4.37. The van der Waals surface area contributed by atoms with Gasteiger partial charge < -0.3 is 5.32 Å². The third-order valence-corrected chi connectivity index (χ3v) is 4.72. The van der Waals surface area contributed by atoms with Crippen molar-refractivity contribution in [3.05, 3.63) is 0 Å². The Balaban J connectivity index is 4.32. The lowest BCUT2D eigenvalue weighted by atomic mass is 10.1. The van der Waals surface area contributed by atoms with Crippen molar-refractivity contribution in [1.29, 1.82) is 0 Å². The molecule has 0 heterocycles. The molecule has 0 aromatic carbocycles. The smallest absolute Gasteiger partial charge is 0.0614 e. The number of nitrogens with one attached hydrogen (secondary N) is 1. The average molecular weight is 202 g/mol. The molecule has 0 radical (unpaired) electrons. The molecule has 0 saturated heterocycles. The Morgan fingerprint density at radius 2 is 1.85 bits per heavy atom. The molecule has 0 amide bonds. The summed E-state index contributed by atoms with van der Waals surface area (Å²) in [5.41, 5.74) is 0. The van der Waals surface area contributed by atoms with Gasteiger partial charge in [0.2, 0.25) is 0 Å². The van der Waals surface area contributed by atoms with Gasteiger partial charge in [0.15, 0.2) is 0 Å². The summed E-state index contributed by atoms with van der Waals surface area (Å²) in [5, 5.41) is 4.06. The summed E-state index contributed by atoms with van der Waals surface area (Å²) in [6.45, 7) is 10.4. The van der Waals surface area contributed by atoms with Crippen LogP contribution in [0.4, 0.5) is 0 Å².